The van der Waals surface area contributed by atoms with Gasteiger partial charge in [-0.1, -0.05) is 11.6 Å². The van der Waals surface area contributed by atoms with Gasteiger partial charge >= 0.3 is 6.09 Å². The number of benzene rings is 1. The molecule has 1 unspecified atom stereocenters. The molecule has 1 aromatic carbocycles. The summed E-state index contributed by atoms with van der Waals surface area (Å²) in [5.74, 6) is -0.469. The Bertz CT molecular complexity index is 921. The lowest BCUT2D eigenvalue weighted by atomic mass is 10.2. The number of aromatic nitrogens is 1. The Morgan fingerprint density at radius 3 is 2.77 bits per heavy atom. The van der Waals surface area contributed by atoms with Gasteiger partial charge in [0.1, 0.15) is 12.4 Å². The van der Waals surface area contributed by atoms with E-state index in [4.69, 9.17) is 26.5 Å². The van der Waals surface area contributed by atoms with Gasteiger partial charge in [-0.2, -0.15) is 4.98 Å². The Balaban J connectivity index is 1.36. The van der Waals surface area contributed by atoms with Crippen LogP contribution in [0.1, 0.15) is 16.9 Å². The summed E-state index contributed by atoms with van der Waals surface area (Å²) < 4.78 is 10.4. The lowest BCUT2D eigenvalue weighted by molar-refractivity contribution is 0.0687. The second kappa shape index (κ2) is 8.80. The topological polar surface area (TPSA) is 126 Å². The highest BCUT2D eigenvalue weighted by Gasteiger charge is 2.26. The molecule has 1 aromatic heterocycles. The number of piperazine rings is 1. The SMILES string of the molecule is Nc1nc(C(=O)Nc2cc(N3CCN(C(=O)OC4CCNC4)CC3)ccc2Cl)co1. The van der Waals surface area contributed by atoms with Crippen LogP contribution >= 0.6 is 11.6 Å². The number of amides is 2. The molecule has 2 aliphatic rings. The minimum Gasteiger partial charge on any atom is -0.445 e. The Morgan fingerprint density at radius 1 is 1.30 bits per heavy atom. The molecular weight excluding hydrogens is 412 g/mol. The summed E-state index contributed by atoms with van der Waals surface area (Å²) in [6.45, 7) is 4.00. The zero-order valence-electron chi connectivity index (χ0n) is 16.3. The molecule has 2 saturated heterocycles. The van der Waals surface area contributed by atoms with Gasteiger partial charge in [0.05, 0.1) is 10.7 Å². The number of nitrogen functional groups attached to an aromatic ring is 1. The summed E-state index contributed by atoms with van der Waals surface area (Å²) in [6.07, 6.45) is 1.73. The van der Waals surface area contributed by atoms with Crippen molar-refractivity contribution in [3.05, 3.63) is 35.2 Å². The van der Waals surface area contributed by atoms with Gasteiger partial charge in [0, 0.05) is 38.4 Å². The Hall–Kier alpha value is -2.98. The number of ether oxygens (including phenoxy) is 1. The van der Waals surface area contributed by atoms with Crippen LogP contribution in [0.3, 0.4) is 0 Å². The molecule has 0 saturated carbocycles. The third kappa shape index (κ3) is 4.60. The number of oxazole rings is 1. The first-order valence-electron chi connectivity index (χ1n) is 9.73. The van der Waals surface area contributed by atoms with E-state index in [1.165, 1.54) is 6.26 Å². The summed E-state index contributed by atoms with van der Waals surface area (Å²) in [7, 11) is 0. The minimum atomic E-state index is -0.469. The van der Waals surface area contributed by atoms with Crippen molar-refractivity contribution in [3.8, 4) is 0 Å². The molecule has 3 heterocycles. The fourth-order valence-corrected chi connectivity index (χ4v) is 3.64. The van der Waals surface area contributed by atoms with Crippen molar-refractivity contribution in [2.45, 2.75) is 12.5 Å². The van der Waals surface area contributed by atoms with Crippen LogP contribution in [0.25, 0.3) is 0 Å². The number of nitrogens with two attached hydrogens (primary N) is 1. The smallest absolute Gasteiger partial charge is 0.410 e. The fourth-order valence-electron chi connectivity index (χ4n) is 3.48. The van der Waals surface area contributed by atoms with Crippen molar-refractivity contribution in [2.24, 2.45) is 0 Å². The number of hydrogen-bond donors (Lipinski definition) is 3. The molecule has 10 nitrogen and oxygen atoms in total. The summed E-state index contributed by atoms with van der Waals surface area (Å²) in [6, 6.07) is 5.31. The Labute approximate surface area is 178 Å². The van der Waals surface area contributed by atoms with E-state index in [9.17, 15) is 9.59 Å². The number of rotatable bonds is 4. The van der Waals surface area contributed by atoms with E-state index in [-0.39, 0.29) is 23.9 Å². The van der Waals surface area contributed by atoms with Crippen molar-refractivity contribution in [1.29, 1.82) is 0 Å². The molecule has 11 heteroatoms. The minimum absolute atomic E-state index is 0.0435. The first-order valence-corrected chi connectivity index (χ1v) is 10.1. The average Bonchev–Trinajstić information content (AvgIpc) is 3.41. The molecule has 2 amide bonds. The number of anilines is 3. The number of nitrogens with one attached hydrogen (secondary N) is 2. The monoisotopic (exact) mass is 434 g/mol. The van der Waals surface area contributed by atoms with E-state index in [2.05, 4.69) is 20.5 Å². The second-order valence-corrected chi connectivity index (χ2v) is 7.57. The quantitative estimate of drug-likeness (QED) is 0.664. The van der Waals surface area contributed by atoms with Crippen LogP contribution in [-0.4, -0.2) is 67.3 Å². The van der Waals surface area contributed by atoms with Crippen LogP contribution in [0.5, 0.6) is 0 Å². The normalized spacial score (nSPS) is 19.0. The summed E-state index contributed by atoms with van der Waals surface area (Å²) in [5, 5.41) is 6.30. The number of carbonyl (C=O) groups is 2. The van der Waals surface area contributed by atoms with Gasteiger partial charge in [-0.05, 0) is 31.2 Å². The highest BCUT2D eigenvalue weighted by molar-refractivity contribution is 6.34. The molecule has 1 atom stereocenters. The summed E-state index contributed by atoms with van der Waals surface area (Å²) in [4.78, 5) is 32.3. The van der Waals surface area contributed by atoms with Crippen LogP contribution in [0.15, 0.2) is 28.9 Å². The maximum Gasteiger partial charge on any atom is 0.410 e. The van der Waals surface area contributed by atoms with Gasteiger partial charge in [0.2, 0.25) is 0 Å². The summed E-state index contributed by atoms with van der Waals surface area (Å²) in [5.41, 5.74) is 6.82. The molecule has 4 N–H and O–H groups in total. The standard InChI is InChI=1S/C19H23ClN6O4/c20-14-2-1-12(9-15(14)23-17(27)16-11-29-18(21)24-16)25-5-7-26(8-6-25)19(28)30-13-3-4-22-10-13/h1-2,9,11,13,22H,3-8,10H2,(H2,21,24)(H,23,27). The highest BCUT2D eigenvalue weighted by Crippen LogP contribution is 2.29. The van der Waals surface area contributed by atoms with Crippen LogP contribution in [-0.2, 0) is 4.74 Å². The van der Waals surface area contributed by atoms with E-state index >= 15 is 0 Å². The number of nitrogens with zero attached hydrogens (tertiary/aromatic N) is 3. The molecule has 160 valence electrons. The first-order chi connectivity index (χ1) is 14.5. The predicted octanol–water partition coefficient (Wildman–Crippen LogP) is 1.78. The average molecular weight is 435 g/mol. The van der Waals surface area contributed by atoms with Crippen molar-refractivity contribution < 1.29 is 18.7 Å². The lowest BCUT2D eigenvalue weighted by Gasteiger charge is -2.36. The van der Waals surface area contributed by atoms with Crippen LogP contribution < -0.4 is 21.3 Å². The molecule has 30 heavy (non-hydrogen) atoms. The molecule has 0 spiro atoms. The van der Waals surface area contributed by atoms with E-state index in [0.717, 1.165) is 18.7 Å². The molecule has 4 rings (SSSR count). The highest BCUT2D eigenvalue weighted by atomic mass is 35.5. The third-order valence-corrected chi connectivity index (χ3v) is 5.47. The molecule has 0 radical (unpaired) electrons. The third-order valence-electron chi connectivity index (χ3n) is 5.14. The molecule has 2 fully saturated rings. The Kier molecular flexibility index (Phi) is 5.96. The van der Waals surface area contributed by atoms with Crippen molar-refractivity contribution in [1.82, 2.24) is 15.2 Å². The van der Waals surface area contributed by atoms with Gasteiger partial charge in [-0.25, -0.2) is 4.79 Å². The number of halogens is 1. The first kappa shape index (κ1) is 20.3. The molecule has 2 aromatic rings. The molecule has 0 aliphatic carbocycles. The van der Waals surface area contributed by atoms with Crippen LogP contribution in [0.2, 0.25) is 5.02 Å². The van der Waals surface area contributed by atoms with Crippen molar-refractivity contribution in [3.63, 3.8) is 0 Å². The summed E-state index contributed by atoms with van der Waals surface area (Å²) >= 11 is 6.24. The van der Waals surface area contributed by atoms with Gasteiger partial charge in [0.15, 0.2) is 5.69 Å². The van der Waals surface area contributed by atoms with E-state index in [1.807, 2.05) is 6.07 Å². The predicted molar refractivity (Wildman–Crippen MR) is 112 cm³/mol. The van der Waals surface area contributed by atoms with E-state index < -0.39 is 5.91 Å². The second-order valence-electron chi connectivity index (χ2n) is 7.16. The van der Waals surface area contributed by atoms with Gasteiger partial charge in [-0.3, -0.25) is 4.79 Å². The van der Waals surface area contributed by atoms with E-state index in [0.29, 0.717) is 43.4 Å². The number of carbonyl (C=O) groups excluding carboxylic acids is 2. The van der Waals surface area contributed by atoms with Crippen molar-refractivity contribution in [2.75, 3.05) is 55.2 Å². The van der Waals surface area contributed by atoms with Crippen molar-refractivity contribution >= 4 is 41.0 Å². The van der Waals surface area contributed by atoms with Gasteiger partial charge in [0.25, 0.3) is 11.9 Å². The molecular formula is C19H23ClN6O4. The lowest BCUT2D eigenvalue weighted by Crippen LogP contribution is -2.49. The zero-order chi connectivity index (χ0) is 21.1. The largest absolute Gasteiger partial charge is 0.445 e. The van der Waals surface area contributed by atoms with Crippen LogP contribution in [0.4, 0.5) is 22.2 Å². The van der Waals surface area contributed by atoms with Gasteiger partial charge in [-0.15, -0.1) is 0 Å². The molecule has 2 aliphatic heterocycles. The maximum absolute atomic E-state index is 12.3. The van der Waals surface area contributed by atoms with E-state index in [1.54, 1.807) is 17.0 Å². The number of hydrogen-bond acceptors (Lipinski definition) is 8. The zero-order valence-corrected chi connectivity index (χ0v) is 17.0. The Morgan fingerprint density at radius 2 is 2.10 bits per heavy atom. The fraction of sp³-hybridized carbons (Fsp3) is 0.421. The van der Waals surface area contributed by atoms with Crippen LogP contribution in [0, 0.1) is 0 Å². The molecule has 0 bridgehead atoms. The maximum atomic E-state index is 12.3. The van der Waals surface area contributed by atoms with Gasteiger partial charge < -0.3 is 35.3 Å².